The van der Waals surface area contributed by atoms with Gasteiger partial charge >= 0.3 is 0 Å². The Bertz CT molecular complexity index is 4400. The zero-order chi connectivity index (χ0) is 56.2. The number of hydrogen-bond donors (Lipinski definition) is 0. The molecule has 0 atom stereocenters. The van der Waals surface area contributed by atoms with Crippen molar-refractivity contribution in [1.29, 1.82) is 0 Å². The molecule has 11 aromatic carbocycles. The first kappa shape index (κ1) is 50.2. The number of hydrogen-bond acceptors (Lipinski definition) is 1. The average molecular weight is 1060 g/mol. The van der Waals surface area contributed by atoms with Crippen LogP contribution in [0, 0.1) is 0 Å². The molecule has 0 fully saturated rings. The van der Waals surface area contributed by atoms with Crippen LogP contribution in [-0.4, -0.2) is 0 Å². The van der Waals surface area contributed by atoms with Crippen molar-refractivity contribution in [1.82, 2.24) is 0 Å². The lowest BCUT2D eigenvalue weighted by molar-refractivity contribution is 0.586. The number of nitrogens with zero attached hydrogens (tertiary/aromatic N) is 1. The first-order valence-corrected chi connectivity index (χ1v) is 29.6. The van der Waals surface area contributed by atoms with Gasteiger partial charge in [0.1, 0.15) is 0 Å². The molecule has 4 aliphatic carbocycles. The van der Waals surface area contributed by atoms with Crippen LogP contribution < -0.4 is 4.90 Å². The summed E-state index contributed by atoms with van der Waals surface area (Å²) in [6, 6.07) is 91.0. The van der Waals surface area contributed by atoms with E-state index in [-0.39, 0.29) is 21.7 Å². The molecule has 1 heteroatoms. The fourth-order valence-electron chi connectivity index (χ4n) is 15.2. The van der Waals surface area contributed by atoms with Crippen LogP contribution in [0.25, 0.3) is 77.9 Å². The van der Waals surface area contributed by atoms with Gasteiger partial charge in [-0.1, -0.05) is 269 Å². The third kappa shape index (κ3) is 7.11. The van der Waals surface area contributed by atoms with Crippen LogP contribution >= 0.6 is 0 Å². The quantitative estimate of drug-likeness (QED) is 0.160. The molecule has 0 saturated heterocycles. The van der Waals surface area contributed by atoms with Crippen molar-refractivity contribution in [2.75, 3.05) is 4.90 Å². The average Bonchev–Trinajstić information content (AvgIpc) is 2.06. The van der Waals surface area contributed by atoms with Crippen molar-refractivity contribution in [2.24, 2.45) is 0 Å². The molecule has 15 rings (SSSR count). The maximum absolute atomic E-state index is 2.55. The highest BCUT2D eigenvalue weighted by atomic mass is 15.1. The van der Waals surface area contributed by atoms with Crippen LogP contribution in [0.2, 0.25) is 0 Å². The molecule has 0 aliphatic heterocycles. The minimum atomic E-state index is -0.481. The lowest BCUT2D eigenvalue weighted by Gasteiger charge is -2.33. The van der Waals surface area contributed by atoms with Crippen LogP contribution in [0.3, 0.4) is 0 Å². The summed E-state index contributed by atoms with van der Waals surface area (Å²) in [7, 11) is 0. The van der Waals surface area contributed by atoms with E-state index in [1.165, 1.54) is 134 Å². The van der Waals surface area contributed by atoms with E-state index in [0.29, 0.717) is 0 Å². The lowest BCUT2D eigenvalue weighted by atomic mass is 9.68. The Hall–Kier alpha value is -8.78. The van der Waals surface area contributed by atoms with Gasteiger partial charge in [-0.3, -0.25) is 0 Å². The van der Waals surface area contributed by atoms with E-state index in [4.69, 9.17) is 0 Å². The molecule has 0 unspecified atom stereocenters. The van der Waals surface area contributed by atoms with Crippen LogP contribution in [0.1, 0.15) is 125 Å². The molecule has 0 amide bonds. The Kier molecular flexibility index (Phi) is 10.8. The second-order valence-corrected chi connectivity index (χ2v) is 26.8. The summed E-state index contributed by atoms with van der Waals surface area (Å²) in [4.78, 5) is 2.54. The van der Waals surface area contributed by atoms with Crippen LogP contribution in [-0.2, 0) is 27.1 Å². The van der Waals surface area contributed by atoms with Gasteiger partial charge in [-0.05, 0) is 170 Å². The molecule has 0 saturated carbocycles. The van der Waals surface area contributed by atoms with Crippen LogP contribution in [0.5, 0.6) is 0 Å². The Morgan fingerprint density at radius 2 is 0.671 bits per heavy atom. The van der Waals surface area contributed by atoms with E-state index in [1.54, 1.807) is 0 Å². The Balaban J connectivity index is 0.931. The second-order valence-electron chi connectivity index (χ2n) is 26.8. The Morgan fingerprint density at radius 1 is 0.268 bits per heavy atom. The highest BCUT2D eigenvalue weighted by molar-refractivity contribution is 6.02. The van der Waals surface area contributed by atoms with Crippen LogP contribution in [0.4, 0.5) is 17.1 Å². The van der Waals surface area contributed by atoms with Gasteiger partial charge in [0.15, 0.2) is 0 Å². The molecule has 0 bridgehead atoms. The maximum Gasteiger partial charge on any atom is 0.0725 e. The summed E-state index contributed by atoms with van der Waals surface area (Å²) < 4.78 is 0. The molecule has 0 N–H and O–H groups in total. The standard InChI is InChI=1S/C81H69N/c1-77(2,3)53-38-42-59-60-43-39-54(78(4,5)6)49-73(60)81(72(59)48-53)69-30-18-12-24-58(69)65-47-52(37-45-70(65)81)56-22-14-19-32-74(56)82(55-40-34-50(35-41-55)51-36-44-68-64(46-51)57-23-11-16-28-66(57)79(68,7)8)75-33-20-15-25-61(75)62-27-21-31-71-76(62)63-26-13-17-29-67(63)80(71,9)10/h11-49H,1-10H3. The Labute approximate surface area is 485 Å². The van der Waals surface area contributed by atoms with Crippen molar-refractivity contribution in [3.05, 3.63) is 292 Å². The largest absolute Gasteiger partial charge is 0.309 e. The molecule has 1 spiro atoms. The van der Waals surface area contributed by atoms with Crippen molar-refractivity contribution in [3.63, 3.8) is 0 Å². The lowest BCUT2D eigenvalue weighted by Crippen LogP contribution is -2.27. The number of para-hydroxylation sites is 2. The molecule has 1 nitrogen and oxygen atoms in total. The first-order chi connectivity index (χ1) is 39.5. The normalized spacial score (nSPS) is 15.0. The molecule has 0 radical (unpaired) electrons. The van der Waals surface area contributed by atoms with Crippen molar-refractivity contribution in [3.8, 4) is 77.9 Å². The molecule has 0 aromatic heterocycles. The molecule has 82 heavy (non-hydrogen) atoms. The summed E-state index contributed by atoms with van der Waals surface area (Å²) in [5.74, 6) is 0. The van der Waals surface area contributed by atoms with Crippen LogP contribution in [0.15, 0.2) is 237 Å². The van der Waals surface area contributed by atoms with E-state index in [1.807, 2.05) is 0 Å². The summed E-state index contributed by atoms with van der Waals surface area (Å²) in [5.41, 5.74) is 34.2. The number of anilines is 3. The summed E-state index contributed by atoms with van der Waals surface area (Å²) in [6.45, 7) is 23.5. The fourth-order valence-corrected chi connectivity index (χ4v) is 15.2. The summed E-state index contributed by atoms with van der Waals surface area (Å²) >= 11 is 0. The van der Waals surface area contributed by atoms with Crippen molar-refractivity contribution in [2.45, 2.75) is 96.3 Å². The third-order valence-corrected chi connectivity index (χ3v) is 19.5. The van der Waals surface area contributed by atoms with E-state index >= 15 is 0 Å². The summed E-state index contributed by atoms with van der Waals surface area (Å²) in [5, 5.41) is 0. The minimum Gasteiger partial charge on any atom is -0.309 e. The molecular formula is C81H69N. The van der Waals surface area contributed by atoms with E-state index in [0.717, 1.165) is 17.1 Å². The predicted octanol–water partition coefficient (Wildman–Crippen LogP) is 21.7. The third-order valence-electron chi connectivity index (χ3n) is 19.5. The van der Waals surface area contributed by atoms with Gasteiger partial charge < -0.3 is 4.90 Å². The zero-order valence-corrected chi connectivity index (χ0v) is 49.0. The number of benzene rings is 11. The Morgan fingerprint density at radius 3 is 1.30 bits per heavy atom. The van der Waals surface area contributed by atoms with Gasteiger partial charge in [0.05, 0.1) is 16.8 Å². The van der Waals surface area contributed by atoms with E-state index < -0.39 is 5.41 Å². The van der Waals surface area contributed by atoms with E-state index in [9.17, 15) is 0 Å². The SMILES string of the molecule is CC(C)(C)c1ccc2c(c1)C1(c3ccccc3-c3cc(-c4ccccc4N(c4ccc(-c5ccc6c(c5)-c5ccccc5C6(C)C)cc4)c4ccccc4-c4cccc5c4-c4ccccc4C5(C)C)ccc31)c1cc(C(C)(C)C)ccc1-2. The maximum atomic E-state index is 2.55. The van der Waals surface area contributed by atoms with Crippen molar-refractivity contribution >= 4 is 17.1 Å². The van der Waals surface area contributed by atoms with Gasteiger partial charge in [0.25, 0.3) is 0 Å². The smallest absolute Gasteiger partial charge is 0.0725 e. The summed E-state index contributed by atoms with van der Waals surface area (Å²) in [6.07, 6.45) is 0. The molecular weight excluding hydrogens is 987 g/mol. The highest BCUT2D eigenvalue weighted by Crippen LogP contribution is 2.64. The molecule has 398 valence electrons. The predicted molar refractivity (Wildman–Crippen MR) is 346 cm³/mol. The van der Waals surface area contributed by atoms with Crippen molar-refractivity contribution < 1.29 is 0 Å². The fraction of sp³-hybridized carbons (Fsp3) is 0.185. The van der Waals surface area contributed by atoms with Gasteiger partial charge in [0, 0.05) is 27.6 Å². The van der Waals surface area contributed by atoms with Gasteiger partial charge in [-0.2, -0.15) is 0 Å². The molecule has 4 aliphatic rings. The second kappa shape index (κ2) is 17.6. The minimum absolute atomic E-state index is 0.0194. The molecule has 0 heterocycles. The number of fused-ring (bicyclic) bond motifs is 16. The topological polar surface area (TPSA) is 3.24 Å². The van der Waals surface area contributed by atoms with Gasteiger partial charge in [-0.25, -0.2) is 0 Å². The number of rotatable bonds is 6. The molecule has 11 aromatic rings. The highest BCUT2D eigenvalue weighted by Gasteiger charge is 2.52. The van der Waals surface area contributed by atoms with E-state index in [2.05, 4.69) is 311 Å². The first-order valence-electron chi connectivity index (χ1n) is 29.6. The van der Waals surface area contributed by atoms with Gasteiger partial charge in [0.2, 0.25) is 0 Å². The zero-order valence-electron chi connectivity index (χ0n) is 49.0. The monoisotopic (exact) mass is 1060 g/mol. The van der Waals surface area contributed by atoms with Gasteiger partial charge in [-0.15, -0.1) is 0 Å².